The summed E-state index contributed by atoms with van der Waals surface area (Å²) in [4.78, 5) is 13.9. The topological polar surface area (TPSA) is 66.5 Å². The van der Waals surface area contributed by atoms with Gasteiger partial charge in [-0.05, 0) is 48.7 Å². The zero-order chi connectivity index (χ0) is 20.3. The van der Waals surface area contributed by atoms with Gasteiger partial charge in [-0.15, -0.1) is 0 Å². The van der Waals surface area contributed by atoms with Crippen molar-refractivity contribution in [1.82, 2.24) is 9.62 Å². The molecule has 150 valence electrons. The highest BCUT2D eigenvalue weighted by atomic mass is 35.5. The van der Waals surface area contributed by atoms with Crippen molar-refractivity contribution in [2.45, 2.75) is 30.2 Å². The van der Waals surface area contributed by atoms with Crippen LogP contribution in [-0.2, 0) is 14.8 Å². The average Bonchev–Trinajstić information content (AvgIpc) is 3.14. The molecular weight excluding hydrogens is 410 g/mol. The van der Waals surface area contributed by atoms with Crippen molar-refractivity contribution in [3.8, 4) is 0 Å². The Morgan fingerprint density at radius 3 is 2.54 bits per heavy atom. The fourth-order valence-corrected chi connectivity index (χ4v) is 4.43. The van der Waals surface area contributed by atoms with E-state index < -0.39 is 21.7 Å². The Morgan fingerprint density at radius 2 is 1.86 bits per heavy atom. The van der Waals surface area contributed by atoms with Gasteiger partial charge in [0, 0.05) is 24.5 Å². The largest absolute Gasteiger partial charge is 0.336 e. The van der Waals surface area contributed by atoms with Crippen LogP contribution in [0.3, 0.4) is 0 Å². The molecule has 9 heteroatoms. The Bertz CT molecular complexity index is 968. The van der Waals surface area contributed by atoms with Crippen molar-refractivity contribution >= 4 is 27.5 Å². The van der Waals surface area contributed by atoms with Gasteiger partial charge in [-0.3, -0.25) is 4.79 Å². The molecule has 1 N–H and O–H groups in total. The van der Waals surface area contributed by atoms with E-state index in [1.165, 1.54) is 0 Å². The molecule has 0 aromatic heterocycles. The van der Waals surface area contributed by atoms with Gasteiger partial charge in [0.15, 0.2) is 11.6 Å². The van der Waals surface area contributed by atoms with Crippen molar-refractivity contribution in [2.75, 3.05) is 13.1 Å². The smallest absolute Gasteiger partial charge is 0.240 e. The van der Waals surface area contributed by atoms with Gasteiger partial charge in [0.2, 0.25) is 15.9 Å². The van der Waals surface area contributed by atoms with E-state index >= 15 is 0 Å². The third-order valence-corrected chi connectivity index (χ3v) is 6.37. The molecule has 1 heterocycles. The molecule has 0 aliphatic carbocycles. The summed E-state index contributed by atoms with van der Waals surface area (Å²) in [6, 6.07) is 9.57. The normalized spacial score (nSPS) is 17.1. The fourth-order valence-electron chi connectivity index (χ4n) is 3.26. The summed E-state index contributed by atoms with van der Waals surface area (Å²) < 4.78 is 52.8. The standard InChI is InChI=1S/C19H19ClF2N2O3S/c20-14-5-3-13(4-6-14)18-2-1-11-24(18)19(25)9-10-23-28(26,27)15-7-8-16(21)17(22)12-15/h3-8,12,18,23H,1-2,9-11H2. The molecule has 0 spiro atoms. The van der Waals surface area contributed by atoms with Crippen LogP contribution in [0.1, 0.15) is 30.9 Å². The summed E-state index contributed by atoms with van der Waals surface area (Å²) in [5, 5.41) is 0.617. The molecule has 0 bridgehead atoms. The van der Waals surface area contributed by atoms with Crippen molar-refractivity contribution in [1.29, 1.82) is 0 Å². The van der Waals surface area contributed by atoms with Crippen molar-refractivity contribution in [3.05, 3.63) is 64.7 Å². The van der Waals surface area contributed by atoms with Gasteiger partial charge in [-0.2, -0.15) is 0 Å². The van der Waals surface area contributed by atoms with Crippen LogP contribution in [0.2, 0.25) is 5.02 Å². The molecule has 28 heavy (non-hydrogen) atoms. The van der Waals surface area contributed by atoms with Gasteiger partial charge in [0.25, 0.3) is 0 Å². The minimum absolute atomic E-state index is 0.0347. The van der Waals surface area contributed by atoms with E-state index in [0.717, 1.165) is 30.5 Å². The molecule has 1 amide bonds. The molecule has 1 saturated heterocycles. The number of rotatable bonds is 6. The molecule has 2 aromatic carbocycles. The van der Waals surface area contributed by atoms with E-state index in [1.807, 2.05) is 12.1 Å². The van der Waals surface area contributed by atoms with Crippen LogP contribution >= 0.6 is 11.6 Å². The van der Waals surface area contributed by atoms with Gasteiger partial charge < -0.3 is 4.90 Å². The predicted molar refractivity (Wildman–Crippen MR) is 101 cm³/mol. The van der Waals surface area contributed by atoms with Crippen LogP contribution < -0.4 is 4.72 Å². The SMILES string of the molecule is O=C(CCNS(=O)(=O)c1ccc(F)c(F)c1)N1CCCC1c1ccc(Cl)cc1. The first-order valence-corrected chi connectivity index (χ1v) is 10.6. The number of nitrogens with zero attached hydrogens (tertiary/aromatic N) is 1. The maximum atomic E-state index is 13.3. The lowest BCUT2D eigenvalue weighted by Crippen LogP contribution is -2.34. The second-order valence-electron chi connectivity index (χ2n) is 6.52. The van der Waals surface area contributed by atoms with Crippen molar-refractivity contribution in [2.24, 2.45) is 0 Å². The molecule has 1 unspecified atom stereocenters. The van der Waals surface area contributed by atoms with E-state index in [9.17, 15) is 22.0 Å². The van der Waals surface area contributed by atoms with E-state index in [2.05, 4.69) is 4.72 Å². The zero-order valence-electron chi connectivity index (χ0n) is 14.9. The predicted octanol–water partition coefficient (Wildman–Crippen LogP) is 3.65. The summed E-state index contributed by atoms with van der Waals surface area (Å²) in [6.07, 6.45) is 1.65. The lowest BCUT2D eigenvalue weighted by molar-refractivity contribution is -0.131. The van der Waals surface area contributed by atoms with Crippen LogP contribution in [-0.4, -0.2) is 32.3 Å². The Kier molecular flexibility index (Phi) is 6.32. The Hall–Kier alpha value is -2.03. The quantitative estimate of drug-likeness (QED) is 0.763. The van der Waals surface area contributed by atoms with Gasteiger partial charge in [-0.25, -0.2) is 21.9 Å². The number of likely N-dealkylation sites (tertiary alicyclic amines) is 1. The Labute approximate surface area is 167 Å². The molecule has 1 fully saturated rings. The summed E-state index contributed by atoms with van der Waals surface area (Å²) in [7, 11) is -4.03. The highest BCUT2D eigenvalue weighted by Gasteiger charge is 2.29. The maximum absolute atomic E-state index is 13.3. The molecule has 2 aromatic rings. The average molecular weight is 429 g/mol. The number of benzene rings is 2. The lowest BCUT2D eigenvalue weighted by Gasteiger charge is -2.25. The number of hydrogen-bond acceptors (Lipinski definition) is 3. The minimum atomic E-state index is -4.03. The van der Waals surface area contributed by atoms with Gasteiger partial charge >= 0.3 is 0 Å². The van der Waals surface area contributed by atoms with E-state index in [1.54, 1.807) is 17.0 Å². The summed E-state index contributed by atoms with van der Waals surface area (Å²) in [6.45, 7) is 0.464. The summed E-state index contributed by atoms with van der Waals surface area (Å²) >= 11 is 5.91. The molecular formula is C19H19ClF2N2O3S. The number of halogens is 3. The van der Waals surface area contributed by atoms with Gasteiger partial charge in [0.05, 0.1) is 10.9 Å². The van der Waals surface area contributed by atoms with Gasteiger partial charge in [0.1, 0.15) is 0 Å². The molecule has 1 aliphatic heterocycles. The Balaban J connectivity index is 1.60. The first-order chi connectivity index (χ1) is 13.3. The third kappa shape index (κ3) is 4.68. The number of carbonyl (C=O) groups excluding carboxylic acids is 1. The highest BCUT2D eigenvalue weighted by Crippen LogP contribution is 2.32. The van der Waals surface area contributed by atoms with E-state index in [4.69, 9.17) is 11.6 Å². The first kappa shape index (κ1) is 20.7. The molecule has 0 radical (unpaired) electrons. The third-order valence-electron chi connectivity index (χ3n) is 4.66. The molecule has 1 aliphatic rings. The van der Waals surface area contributed by atoms with Gasteiger partial charge in [-0.1, -0.05) is 23.7 Å². The maximum Gasteiger partial charge on any atom is 0.240 e. The highest BCUT2D eigenvalue weighted by molar-refractivity contribution is 7.89. The number of carbonyl (C=O) groups is 1. The number of sulfonamides is 1. The molecule has 0 saturated carbocycles. The second kappa shape index (κ2) is 8.55. The first-order valence-electron chi connectivity index (χ1n) is 8.77. The number of amides is 1. The van der Waals surface area contributed by atoms with Crippen molar-refractivity contribution < 1.29 is 22.0 Å². The number of nitrogens with one attached hydrogen (secondary N) is 1. The molecule has 5 nitrogen and oxygen atoms in total. The zero-order valence-corrected chi connectivity index (χ0v) is 16.4. The number of hydrogen-bond donors (Lipinski definition) is 1. The summed E-state index contributed by atoms with van der Waals surface area (Å²) in [5.74, 6) is -2.55. The summed E-state index contributed by atoms with van der Waals surface area (Å²) in [5.41, 5.74) is 0.984. The van der Waals surface area contributed by atoms with Crippen LogP contribution in [0, 0.1) is 11.6 Å². The van der Waals surface area contributed by atoms with E-state index in [0.29, 0.717) is 17.6 Å². The monoisotopic (exact) mass is 428 g/mol. The molecule has 1 atom stereocenters. The van der Waals surface area contributed by atoms with Crippen LogP contribution in [0.4, 0.5) is 8.78 Å². The van der Waals surface area contributed by atoms with Crippen LogP contribution in [0.5, 0.6) is 0 Å². The second-order valence-corrected chi connectivity index (χ2v) is 8.72. The minimum Gasteiger partial charge on any atom is -0.336 e. The Morgan fingerprint density at radius 1 is 1.14 bits per heavy atom. The van der Waals surface area contributed by atoms with Crippen LogP contribution in [0.15, 0.2) is 47.4 Å². The van der Waals surface area contributed by atoms with Crippen molar-refractivity contribution in [3.63, 3.8) is 0 Å². The van der Waals surface area contributed by atoms with Crippen LogP contribution in [0.25, 0.3) is 0 Å². The molecule has 3 rings (SSSR count). The van der Waals surface area contributed by atoms with E-state index in [-0.39, 0.29) is 29.8 Å². The lowest BCUT2D eigenvalue weighted by atomic mass is 10.0. The fraction of sp³-hybridized carbons (Fsp3) is 0.316.